The van der Waals surface area contributed by atoms with Gasteiger partial charge >= 0.3 is 0 Å². The Labute approximate surface area is 359 Å². The molecule has 0 saturated carbocycles. The first-order valence-electron chi connectivity index (χ1n) is 21.2. The second-order valence-electron chi connectivity index (χ2n) is 16.2. The van der Waals surface area contributed by atoms with Gasteiger partial charge in [0.15, 0.2) is 11.6 Å². The number of rotatable bonds is 5. The molecule has 2 aliphatic rings. The molecule has 4 nitrogen and oxygen atoms in total. The maximum Gasteiger partial charge on any atom is 0.238 e. The monoisotopic (exact) mass is 788 g/mol. The van der Waals surface area contributed by atoms with Gasteiger partial charge in [-0.15, -0.1) is 0 Å². The molecule has 0 aliphatic heterocycles. The van der Waals surface area contributed by atoms with Crippen LogP contribution < -0.4 is 0 Å². The molecule has 0 fully saturated rings. The maximum atomic E-state index is 5.45. The third kappa shape index (κ3) is 4.80. The van der Waals surface area contributed by atoms with Crippen LogP contribution in [0.3, 0.4) is 0 Å². The molecule has 2 aromatic heterocycles. The molecule has 0 saturated heterocycles. The van der Waals surface area contributed by atoms with Crippen LogP contribution in [-0.4, -0.2) is 19.5 Å². The van der Waals surface area contributed by atoms with Gasteiger partial charge in [-0.1, -0.05) is 212 Å². The van der Waals surface area contributed by atoms with E-state index in [1.165, 1.54) is 50.1 Å². The van der Waals surface area contributed by atoms with Crippen LogP contribution in [0.2, 0.25) is 0 Å². The van der Waals surface area contributed by atoms with Crippen LogP contribution in [0.1, 0.15) is 22.3 Å². The summed E-state index contributed by atoms with van der Waals surface area (Å²) in [5.41, 5.74) is 18.4. The zero-order valence-electron chi connectivity index (χ0n) is 33.6. The van der Waals surface area contributed by atoms with E-state index >= 15 is 0 Å². The fourth-order valence-electron chi connectivity index (χ4n) is 10.7. The van der Waals surface area contributed by atoms with Crippen molar-refractivity contribution in [2.24, 2.45) is 0 Å². The zero-order valence-corrected chi connectivity index (χ0v) is 33.6. The normalized spacial score (nSPS) is 13.0. The van der Waals surface area contributed by atoms with Crippen molar-refractivity contribution >= 4 is 21.8 Å². The van der Waals surface area contributed by atoms with Gasteiger partial charge in [-0.25, -0.2) is 4.98 Å². The number of hydrogen-bond donors (Lipinski definition) is 0. The third-order valence-electron chi connectivity index (χ3n) is 13.1. The van der Waals surface area contributed by atoms with Crippen LogP contribution in [0.4, 0.5) is 0 Å². The van der Waals surface area contributed by atoms with Gasteiger partial charge < -0.3 is 0 Å². The average Bonchev–Trinajstić information content (AvgIpc) is 3.97. The summed E-state index contributed by atoms with van der Waals surface area (Å²) >= 11 is 0. The molecule has 62 heavy (non-hydrogen) atoms. The molecule has 1 spiro atoms. The molecular formula is C58H36N4. The first-order chi connectivity index (χ1) is 30.8. The van der Waals surface area contributed by atoms with Crippen molar-refractivity contribution in [1.82, 2.24) is 19.5 Å². The van der Waals surface area contributed by atoms with Gasteiger partial charge in [0, 0.05) is 27.5 Å². The van der Waals surface area contributed by atoms with Gasteiger partial charge in [-0.2, -0.15) is 9.97 Å². The molecular weight excluding hydrogens is 753 g/mol. The van der Waals surface area contributed by atoms with Gasteiger partial charge in [0.1, 0.15) is 0 Å². The highest BCUT2D eigenvalue weighted by Crippen LogP contribution is 2.64. The summed E-state index contributed by atoms with van der Waals surface area (Å²) in [6.07, 6.45) is 0. The lowest BCUT2D eigenvalue weighted by atomic mass is 9.70. The van der Waals surface area contributed by atoms with Crippen molar-refractivity contribution in [3.63, 3.8) is 0 Å². The summed E-state index contributed by atoms with van der Waals surface area (Å²) in [6.45, 7) is 0. The van der Waals surface area contributed by atoms with E-state index in [9.17, 15) is 0 Å². The molecule has 9 aromatic carbocycles. The number of aromatic nitrogens is 4. The third-order valence-corrected chi connectivity index (χ3v) is 13.1. The van der Waals surface area contributed by atoms with Crippen molar-refractivity contribution in [3.8, 4) is 73.2 Å². The van der Waals surface area contributed by atoms with E-state index in [1.54, 1.807) is 0 Å². The molecule has 0 amide bonds. The quantitative estimate of drug-likeness (QED) is 0.174. The van der Waals surface area contributed by atoms with Crippen molar-refractivity contribution < 1.29 is 0 Å². The van der Waals surface area contributed by atoms with Gasteiger partial charge in [0.25, 0.3) is 0 Å². The highest BCUT2D eigenvalue weighted by atomic mass is 15.2. The lowest BCUT2D eigenvalue weighted by Crippen LogP contribution is -2.25. The van der Waals surface area contributed by atoms with Crippen LogP contribution in [0, 0.1) is 0 Å². The highest BCUT2D eigenvalue weighted by molar-refractivity contribution is 6.15. The fourth-order valence-corrected chi connectivity index (χ4v) is 10.7. The number of benzene rings is 9. The fraction of sp³-hybridized carbons (Fsp3) is 0.0172. The molecule has 11 aromatic rings. The highest BCUT2D eigenvalue weighted by Gasteiger charge is 2.52. The summed E-state index contributed by atoms with van der Waals surface area (Å²) in [6, 6.07) is 78.5. The Kier molecular flexibility index (Phi) is 7.49. The van der Waals surface area contributed by atoms with Gasteiger partial charge in [-0.3, -0.25) is 4.57 Å². The minimum atomic E-state index is -0.449. The Balaban J connectivity index is 1.12. The van der Waals surface area contributed by atoms with Gasteiger partial charge in [0.2, 0.25) is 5.95 Å². The summed E-state index contributed by atoms with van der Waals surface area (Å²) in [7, 11) is 0. The predicted molar refractivity (Wildman–Crippen MR) is 252 cm³/mol. The van der Waals surface area contributed by atoms with Gasteiger partial charge in [0.05, 0.1) is 16.4 Å². The van der Waals surface area contributed by atoms with E-state index in [-0.39, 0.29) is 0 Å². The van der Waals surface area contributed by atoms with Crippen LogP contribution in [0.25, 0.3) is 95.0 Å². The first-order valence-corrected chi connectivity index (χ1v) is 21.2. The Hall–Kier alpha value is -8.21. The smallest absolute Gasteiger partial charge is 0.238 e. The van der Waals surface area contributed by atoms with Crippen LogP contribution >= 0.6 is 0 Å². The van der Waals surface area contributed by atoms with Crippen molar-refractivity contribution in [3.05, 3.63) is 241 Å². The number of fused-ring (bicyclic) bond motifs is 13. The second-order valence-corrected chi connectivity index (χ2v) is 16.2. The Morgan fingerprint density at radius 3 is 1.52 bits per heavy atom. The Bertz CT molecular complexity index is 3540. The van der Waals surface area contributed by atoms with Gasteiger partial charge in [-0.05, 0) is 67.3 Å². The summed E-state index contributed by atoms with van der Waals surface area (Å²) in [5.74, 6) is 1.80. The molecule has 288 valence electrons. The Morgan fingerprint density at radius 2 is 0.790 bits per heavy atom. The van der Waals surface area contributed by atoms with Crippen LogP contribution in [0.5, 0.6) is 0 Å². The standard InChI is InChI=1S/C58H36N4/c1-3-19-37(20-4-1)39-23-7-8-27-46(39)56-59-55(38-21-5-2-6-22-38)60-57(61-56)62-52-36-16-12-26-42(52)44-30-17-31-45(54(44)62)43-29-18-35-51-53(43)47-28-11-15-34-50(47)58(51)48-32-13-9-24-40(48)41-25-10-14-33-49(41)58/h1-36H. The SMILES string of the molecule is c1ccc(-c2nc(-c3ccccc3-c3ccccc3)nc(-n3c4ccccc4c4cccc(-c5cccc6c5-c5ccccc5C65c6ccccc6-c6ccccc65)c43)n2)cc1. The van der Waals surface area contributed by atoms with E-state index in [0.717, 1.165) is 49.6 Å². The molecule has 4 heteroatoms. The second kappa shape index (κ2) is 13.4. The molecule has 2 heterocycles. The zero-order chi connectivity index (χ0) is 40.8. The van der Waals surface area contributed by atoms with E-state index in [1.807, 2.05) is 24.3 Å². The van der Waals surface area contributed by atoms with Crippen LogP contribution in [0.15, 0.2) is 218 Å². The molecule has 2 aliphatic carbocycles. The van der Waals surface area contributed by atoms with Crippen LogP contribution in [-0.2, 0) is 5.41 Å². The van der Waals surface area contributed by atoms with Crippen molar-refractivity contribution in [2.45, 2.75) is 5.41 Å². The number of para-hydroxylation sites is 2. The molecule has 0 atom stereocenters. The Morgan fingerprint density at radius 1 is 0.306 bits per heavy atom. The minimum Gasteiger partial charge on any atom is -0.277 e. The lowest BCUT2D eigenvalue weighted by Gasteiger charge is -2.30. The average molecular weight is 789 g/mol. The first kappa shape index (κ1) is 34.6. The molecule has 0 radical (unpaired) electrons. The summed E-state index contributed by atoms with van der Waals surface area (Å²) in [4.78, 5) is 16.0. The topological polar surface area (TPSA) is 43.6 Å². The van der Waals surface area contributed by atoms with E-state index in [4.69, 9.17) is 15.0 Å². The van der Waals surface area contributed by atoms with E-state index in [2.05, 4.69) is 199 Å². The largest absolute Gasteiger partial charge is 0.277 e. The van der Waals surface area contributed by atoms with E-state index < -0.39 is 5.41 Å². The summed E-state index contributed by atoms with van der Waals surface area (Å²) < 4.78 is 2.28. The lowest BCUT2D eigenvalue weighted by molar-refractivity contribution is 0.794. The minimum absolute atomic E-state index is 0.449. The van der Waals surface area contributed by atoms with E-state index in [0.29, 0.717) is 17.6 Å². The maximum absolute atomic E-state index is 5.45. The predicted octanol–water partition coefficient (Wildman–Crippen LogP) is 14.0. The van der Waals surface area contributed by atoms with Crippen molar-refractivity contribution in [2.75, 3.05) is 0 Å². The molecule has 0 bridgehead atoms. The number of nitrogens with zero attached hydrogens (tertiary/aromatic N) is 4. The molecule has 0 N–H and O–H groups in total. The summed E-state index contributed by atoms with van der Waals surface area (Å²) in [5, 5.41) is 2.28. The molecule has 0 unspecified atom stereocenters. The molecule has 13 rings (SSSR count). The number of hydrogen-bond acceptors (Lipinski definition) is 3. The van der Waals surface area contributed by atoms with Crippen molar-refractivity contribution in [1.29, 1.82) is 0 Å².